The van der Waals surface area contributed by atoms with Gasteiger partial charge in [-0.2, -0.15) is 0 Å². The van der Waals surface area contributed by atoms with Crippen LogP contribution in [0.5, 0.6) is 0 Å². The Bertz CT molecular complexity index is 826. The molecular formula is C26H34N2P2. The Hall–Kier alpha value is -1.56. The van der Waals surface area contributed by atoms with Crippen LogP contribution in [-0.4, -0.2) is 35.5 Å². The third-order valence-electron chi connectivity index (χ3n) is 5.36. The third-order valence-corrected chi connectivity index (χ3v) is 11.1. The minimum absolute atomic E-state index is 0.534. The average Bonchev–Trinajstić information content (AvgIpc) is 2.81. The van der Waals surface area contributed by atoms with Crippen molar-refractivity contribution in [1.82, 2.24) is 9.34 Å². The lowest BCUT2D eigenvalue weighted by Crippen LogP contribution is -2.40. The van der Waals surface area contributed by atoms with E-state index in [9.17, 15) is 0 Å². The molecule has 0 fully saturated rings. The molecule has 3 aromatic carbocycles. The highest BCUT2D eigenvalue weighted by Gasteiger charge is 2.29. The van der Waals surface area contributed by atoms with Crippen LogP contribution in [0, 0.1) is 0 Å². The number of nitrogens with zero attached hydrogens (tertiary/aromatic N) is 2. The van der Waals surface area contributed by atoms with E-state index >= 15 is 0 Å². The molecule has 2 nitrogen and oxygen atoms in total. The maximum absolute atomic E-state index is 2.66. The lowest BCUT2D eigenvalue weighted by Gasteiger charge is -2.39. The first kappa shape index (κ1) is 23.1. The smallest absolute Gasteiger partial charge is 0.0730 e. The number of benzene rings is 3. The van der Waals surface area contributed by atoms with Crippen molar-refractivity contribution in [2.24, 2.45) is 0 Å². The molecule has 0 unspecified atom stereocenters. The first-order chi connectivity index (χ1) is 14.7. The molecule has 0 aromatic heterocycles. The summed E-state index contributed by atoms with van der Waals surface area (Å²) in [5.74, 6) is 0. The van der Waals surface area contributed by atoms with Crippen molar-refractivity contribution in [2.75, 3.05) is 26.2 Å². The Morgan fingerprint density at radius 2 is 0.867 bits per heavy atom. The van der Waals surface area contributed by atoms with Crippen LogP contribution < -0.4 is 21.2 Å². The molecule has 0 saturated carbocycles. The standard InChI is InChI=1S/C26H34N2P2/c1-5-27(6-2)30(28(7-3)8-4)26-22-16-15-21-25(26)29(23-17-11-9-12-18-23)24-19-13-10-14-20-24/h9-22H,5-8H2,1-4H3. The molecule has 4 heteroatoms. The molecule has 0 bridgehead atoms. The van der Waals surface area contributed by atoms with Gasteiger partial charge < -0.3 is 0 Å². The maximum atomic E-state index is 2.66. The van der Waals surface area contributed by atoms with Crippen LogP contribution in [0.2, 0.25) is 0 Å². The molecule has 158 valence electrons. The number of hydrogen-bond acceptors (Lipinski definition) is 2. The van der Waals surface area contributed by atoms with Gasteiger partial charge in [0, 0.05) is 31.5 Å². The topological polar surface area (TPSA) is 6.48 Å². The summed E-state index contributed by atoms with van der Waals surface area (Å²) in [6.07, 6.45) is 0. The quantitative estimate of drug-likeness (QED) is 0.410. The summed E-state index contributed by atoms with van der Waals surface area (Å²) in [5, 5.41) is 5.84. The highest BCUT2D eigenvalue weighted by Crippen LogP contribution is 2.45. The van der Waals surface area contributed by atoms with E-state index in [1.807, 2.05) is 0 Å². The number of hydrogen-bond donors (Lipinski definition) is 0. The molecule has 0 N–H and O–H groups in total. The van der Waals surface area contributed by atoms with Crippen molar-refractivity contribution in [1.29, 1.82) is 0 Å². The fraction of sp³-hybridized carbons (Fsp3) is 0.308. The molecule has 0 aliphatic heterocycles. The third kappa shape index (κ3) is 5.19. The summed E-state index contributed by atoms with van der Waals surface area (Å²) in [6, 6.07) is 31.3. The highest BCUT2D eigenvalue weighted by atomic mass is 31.1. The Morgan fingerprint density at radius 3 is 1.27 bits per heavy atom. The minimum atomic E-state index is -0.606. The predicted octanol–water partition coefficient (Wildman–Crippen LogP) is 5.07. The molecule has 0 radical (unpaired) electrons. The zero-order valence-electron chi connectivity index (χ0n) is 18.7. The van der Waals surface area contributed by atoms with Crippen molar-refractivity contribution in [3.8, 4) is 0 Å². The van der Waals surface area contributed by atoms with Crippen molar-refractivity contribution in [3.63, 3.8) is 0 Å². The first-order valence-electron chi connectivity index (χ1n) is 11.0. The summed E-state index contributed by atoms with van der Waals surface area (Å²) in [6.45, 7) is 13.5. The van der Waals surface area contributed by atoms with Crippen LogP contribution in [0.15, 0.2) is 84.9 Å². The van der Waals surface area contributed by atoms with E-state index in [1.165, 1.54) is 21.2 Å². The van der Waals surface area contributed by atoms with Crippen molar-refractivity contribution >= 4 is 37.4 Å². The molecule has 0 aliphatic rings. The van der Waals surface area contributed by atoms with E-state index in [4.69, 9.17) is 0 Å². The van der Waals surface area contributed by atoms with Gasteiger partial charge in [0.1, 0.15) is 0 Å². The largest absolute Gasteiger partial charge is 0.267 e. The van der Waals surface area contributed by atoms with Gasteiger partial charge in [0.25, 0.3) is 0 Å². The van der Waals surface area contributed by atoms with Crippen molar-refractivity contribution in [2.45, 2.75) is 27.7 Å². The highest BCUT2D eigenvalue weighted by molar-refractivity contribution is 7.81. The van der Waals surface area contributed by atoms with Gasteiger partial charge in [-0.1, -0.05) is 113 Å². The van der Waals surface area contributed by atoms with E-state index in [2.05, 4.69) is 122 Å². The van der Waals surface area contributed by atoms with E-state index < -0.39 is 16.1 Å². The van der Waals surface area contributed by atoms with E-state index in [0.717, 1.165) is 26.2 Å². The number of rotatable bonds is 10. The van der Waals surface area contributed by atoms with Crippen LogP contribution in [0.1, 0.15) is 27.7 Å². The van der Waals surface area contributed by atoms with E-state index in [-0.39, 0.29) is 0 Å². The molecule has 0 aliphatic carbocycles. The lowest BCUT2D eigenvalue weighted by atomic mass is 10.3. The van der Waals surface area contributed by atoms with Gasteiger partial charge in [-0.25, -0.2) is 0 Å². The van der Waals surface area contributed by atoms with Crippen LogP contribution in [0.4, 0.5) is 0 Å². The predicted molar refractivity (Wildman–Crippen MR) is 138 cm³/mol. The average molecular weight is 437 g/mol. The van der Waals surface area contributed by atoms with Gasteiger partial charge in [0.2, 0.25) is 0 Å². The van der Waals surface area contributed by atoms with Crippen molar-refractivity contribution < 1.29 is 0 Å². The zero-order valence-corrected chi connectivity index (χ0v) is 20.5. The molecule has 0 atom stereocenters. The Morgan fingerprint density at radius 1 is 0.500 bits per heavy atom. The normalized spacial score (nSPS) is 11.7. The summed E-state index contributed by atoms with van der Waals surface area (Å²) < 4.78 is 5.31. The van der Waals surface area contributed by atoms with Crippen molar-refractivity contribution in [3.05, 3.63) is 84.9 Å². The molecule has 30 heavy (non-hydrogen) atoms. The van der Waals surface area contributed by atoms with Gasteiger partial charge in [0.05, 0.1) is 8.22 Å². The van der Waals surface area contributed by atoms with Crippen LogP contribution in [0.25, 0.3) is 0 Å². The van der Waals surface area contributed by atoms with Gasteiger partial charge in [-0.3, -0.25) is 9.34 Å². The molecule has 0 amide bonds. The molecule has 0 spiro atoms. The summed E-state index contributed by atoms with van der Waals surface area (Å²) >= 11 is 0. The lowest BCUT2D eigenvalue weighted by molar-refractivity contribution is 0.430. The SMILES string of the molecule is CCN(CC)P(c1ccccc1P(c1ccccc1)c1ccccc1)N(CC)CC. The maximum Gasteiger partial charge on any atom is 0.0730 e. The Balaban J connectivity index is 2.21. The molecule has 0 heterocycles. The second kappa shape index (κ2) is 11.7. The molecule has 3 rings (SSSR count). The monoisotopic (exact) mass is 436 g/mol. The van der Waals surface area contributed by atoms with E-state index in [1.54, 1.807) is 0 Å². The Kier molecular flexibility index (Phi) is 9.04. The molecule has 3 aromatic rings. The first-order valence-corrected chi connectivity index (χ1v) is 13.6. The van der Waals surface area contributed by atoms with Gasteiger partial charge in [-0.15, -0.1) is 0 Å². The van der Waals surface area contributed by atoms with Gasteiger partial charge in [0.15, 0.2) is 0 Å². The fourth-order valence-corrected chi connectivity index (χ4v) is 9.31. The Labute approximate surface area is 185 Å². The van der Waals surface area contributed by atoms with Crippen LogP contribution in [-0.2, 0) is 0 Å². The zero-order chi connectivity index (χ0) is 21.3. The summed E-state index contributed by atoms with van der Waals surface area (Å²) in [4.78, 5) is 0. The van der Waals surface area contributed by atoms with Crippen LogP contribution >= 0.6 is 16.1 Å². The van der Waals surface area contributed by atoms with E-state index in [0.29, 0.717) is 0 Å². The minimum Gasteiger partial charge on any atom is -0.267 e. The molecular weight excluding hydrogens is 402 g/mol. The fourth-order valence-electron chi connectivity index (χ4n) is 3.87. The second-order valence-electron chi connectivity index (χ2n) is 7.06. The summed E-state index contributed by atoms with van der Waals surface area (Å²) in [5.41, 5.74) is 0. The second-order valence-corrected chi connectivity index (χ2v) is 11.4. The van der Waals surface area contributed by atoms with Crippen LogP contribution in [0.3, 0.4) is 0 Å². The molecule has 0 saturated heterocycles. The summed E-state index contributed by atoms with van der Waals surface area (Å²) in [7, 11) is -1.14. The van der Waals surface area contributed by atoms with Gasteiger partial charge >= 0.3 is 0 Å². The van der Waals surface area contributed by atoms with Gasteiger partial charge in [-0.05, 0) is 23.8 Å².